The van der Waals surface area contributed by atoms with Gasteiger partial charge in [-0.1, -0.05) is 47.0 Å². The van der Waals surface area contributed by atoms with Gasteiger partial charge in [-0.05, 0) is 79.4 Å². The number of rotatable bonds is 0. The molecule has 0 N–H and O–H groups in total. The lowest BCUT2D eigenvalue weighted by molar-refractivity contribution is 0.0135. The number of fused-ring (bicyclic) bond motifs is 4. The summed E-state index contributed by atoms with van der Waals surface area (Å²) < 4.78 is 0. The molecular formula is C20H36. The van der Waals surface area contributed by atoms with Crippen LogP contribution in [0.1, 0.15) is 91.9 Å². The van der Waals surface area contributed by atoms with Gasteiger partial charge in [0, 0.05) is 0 Å². The highest BCUT2D eigenvalue weighted by Crippen LogP contribution is 2.55. The zero-order valence-corrected chi connectivity index (χ0v) is 14.4. The average molecular weight is 277 g/mol. The van der Waals surface area contributed by atoms with E-state index in [1.807, 2.05) is 0 Å². The van der Waals surface area contributed by atoms with Crippen molar-refractivity contribution < 1.29 is 0 Å². The maximum atomic E-state index is 2.50. The summed E-state index contributed by atoms with van der Waals surface area (Å²) in [5, 5.41) is 0. The van der Waals surface area contributed by atoms with Crippen LogP contribution >= 0.6 is 0 Å². The molecule has 4 aliphatic carbocycles. The molecule has 0 amide bonds. The Hall–Kier alpha value is 0. The second kappa shape index (κ2) is 5.33. The van der Waals surface area contributed by atoms with E-state index in [0.29, 0.717) is 10.8 Å². The van der Waals surface area contributed by atoms with Gasteiger partial charge in [-0.2, -0.15) is 0 Å². The molecule has 4 aliphatic rings. The van der Waals surface area contributed by atoms with Crippen molar-refractivity contribution in [3.05, 3.63) is 0 Å². The molecule has 0 saturated heterocycles. The SMILES string of the molecule is CC1(C)C2CCCC1CCC2.CC1(C)CC2CCC1C2. The molecule has 4 bridgehead atoms. The summed E-state index contributed by atoms with van der Waals surface area (Å²) in [6.45, 7) is 9.88. The van der Waals surface area contributed by atoms with Crippen LogP contribution in [0.25, 0.3) is 0 Å². The van der Waals surface area contributed by atoms with E-state index in [4.69, 9.17) is 0 Å². The number of hydrogen-bond acceptors (Lipinski definition) is 0. The van der Waals surface area contributed by atoms with Gasteiger partial charge >= 0.3 is 0 Å². The van der Waals surface area contributed by atoms with E-state index in [1.165, 1.54) is 57.8 Å². The Bertz CT molecular complexity index is 314. The van der Waals surface area contributed by atoms with E-state index < -0.39 is 0 Å². The fraction of sp³-hybridized carbons (Fsp3) is 1.00. The van der Waals surface area contributed by atoms with Crippen LogP contribution in [0.5, 0.6) is 0 Å². The van der Waals surface area contributed by atoms with Crippen molar-refractivity contribution in [1.29, 1.82) is 0 Å². The lowest BCUT2D eigenvalue weighted by atomic mass is 9.56. The molecule has 4 saturated carbocycles. The molecule has 0 aromatic heterocycles. The standard InChI is InChI=1S/C11H20.C9H16/c1-11(2)9-5-3-6-10(11)8-4-7-9;1-9(2)6-7-3-4-8(9)5-7/h9-10H,3-8H2,1-2H3;7-8H,3-6H2,1-2H3. The molecule has 0 radical (unpaired) electrons. The molecule has 0 aromatic rings. The van der Waals surface area contributed by atoms with Gasteiger partial charge in [-0.3, -0.25) is 0 Å². The lowest BCUT2D eigenvalue weighted by Crippen LogP contribution is -2.39. The summed E-state index contributed by atoms with van der Waals surface area (Å²) in [6, 6.07) is 0. The number of hydrogen-bond donors (Lipinski definition) is 0. The molecule has 0 aliphatic heterocycles. The minimum Gasteiger partial charge on any atom is -0.0596 e. The summed E-state index contributed by atoms with van der Waals surface area (Å²) in [5.74, 6) is 4.33. The van der Waals surface area contributed by atoms with Crippen molar-refractivity contribution in [2.75, 3.05) is 0 Å². The van der Waals surface area contributed by atoms with Crippen LogP contribution in [-0.4, -0.2) is 0 Å². The molecule has 4 fully saturated rings. The van der Waals surface area contributed by atoms with Crippen molar-refractivity contribution in [3.8, 4) is 0 Å². The van der Waals surface area contributed by atoms with E-state index in [9.17, 15) is 0 Å². The van der Waals surface area contributed by atoms with E-state index in [-0.39, 0.29) is 0 Å². The van der Waals surface area contributed by atoms with Gasteiger partial charge in [0.1, 0.15) is 0 Å². The molecule has 0 spiro atoms. The summed E-state index contributed by atoms with van der Waals surface area (Å²) in [5.41, 5.74) is 1.40. The maximum absolute atomic E-state index is 2.50. The summed E-state index contributed by atoms with van der Waals surface area (Å²) in [6.07, 6.45) is 15.2. The highest BCUT2D eigenvalue weighted by atomic mass is 14.5. The molecule has 0 aromatic carbocycles. The third-order valence-corrected chi connectivity index (χ3v) is 7.78. The van der Waals surface area contributed by atoms with Crippen LogP contribution < -0.4 is 0 Å². The lowest BCUT2D eigenvalue weighted by Gasteiger charge is -2.49. The second-order valence-electron chi connectivity index (χ2n) is 9.65. The van der Waals surface area contributed by atoms with E-state index in [1.54, 1.807) is 6.42 Å². The van der Waals surface area contributed by atoms with E-state index >= 15 is 0 Å². The Balaban J connectivity index is 0.000000123. The highest BCUT2D eigenvalue weighted by molar-refractivity contribution is 4.95. The molecule has 2 atom stereocenters. The Morgan fingerprint density at radius 1 is 0.650 bits per heavy atom. The first-order chi connectivity index (χ1) is 9.39. The molecule has 4 rings (SSSR count). The molecule has 0 heterocycles. The van der Waals surface area contributed by atoms with Crippen molar-refractivity contribution in [2.24, 2.45) is 34.5 Å². The first kappa shape index (κ1) is 14.9. The van der Waals surface area contributed by atoms with Gasteiger partial charge in [0.05, 0.1) is 0 Å². The summed E-state index contributed by atoms with van der Waals surface area (Å²) in [4.78, 5) is 0. The predicted octanol–water partition coefficient (Wildman–Crippen LogP) is 6.45. The van der Waals surface area contributed by atoms with Crippen molar-refractivity contribution in [3.63, 3.8) is 0 Å². The molecule has 0 heteroatoms. The van der Waals surface area contributed by atoms with Gasteiger partial charge in [-0.15, -0.1) is 0 Å². The minimum absolute atomic E-state index is 0.691. The smallest absolute Gasteiger partial charge is 0.0298 e. The Kier molecular flexibility index (Phi) is 3.97. The third kappa shape index (κ3) is 2.69. The van der Waals surface area contributed by atoms with Crippen LogP contribution in [0.3, 0.4) is 0 Å². The Morgan fingerprint density at radius 2 is 1.20 bits per heavy atom. The average Bonchev–Trinajstić information content (AvgIpc) is 2.86. The minimum atomic E-state index is 0.691. The first-order valence-electron chi connectivity index (χ1n) is 9.39. The van der Waals surface area contributed by atoms with Gasteiger partial charge < -0.3 is 0 Å². The molecule has 0 nitrogen and oxygen atoms in total. The molecule has 116 valence electrons. The van der Waals surface area contributed by atoms with Crippen molar-refractivity contribution in [2.45, 2.75) is 91.9 Å². The molecule has 2 unspecified atom stereocenters. The summed E-state index contributed by atoms with van der Waals surface area (Å²) in [7, 11) is 0. The molecular weight excluding hydrogens is 240 g/mol. The zero-order chi connectivity index (χ0) is 14.4. The van der Waals surface area contributed by atoms with Crippen LogP contribution in [0.2, 0.25) is 0 Å². The predicted molar refractivity (Wildman–Crippen MR) is 87.7 cm³/mol. The highest BCUT2D eigenvalue weighted by Gasteiger charge is 2.44. The van der Waals surface area contributed by atoms with Crippen molar-refractivity contribution >= 4 is 0 Å². The first-order valence-corrected chi connectivity index (χ1v) is 9.39. The topological polar surface area (TPSA) is 0 Å². The Morgan fingerprint density at radius 3 is 1.45 bits per heavy atom. The Labute approximate surface area is 127 Å². The van der Waals surface area contributed by atoms with Crippen molar-refractivity contribution in [1.82, 2.24) is 0 Å². The van der Waals surface area contributed by atoms with Crippen LogP contribution in [0.4, 0.5) is 0 Å². The van der Waals surface area contributed by atoms with Gasteiger partial charge in [0.15, 0.2) is 0 Å². The summed E-state index contributed by atoms with van der Waals surface area (Å²) >= 11 is 0. The van der Waals surface area contributed by atoms with Gasteiger partial charge in [-0.25, -0.2) is 0 Å². The largest absolute Gasteiger partial charge is 0.0596 e. The quantitative estimate of drug-likeness (QED) is 0.477. The van der Waals surface area contributed by atoms with Crippen LogP contribution in [0.15, 0.2) is 0 Å². The third-order valence-electron chi connectivity index (χ3n) is 7.78. The van der Waals surface area contributed by atoms with E-state index in [2.05, 4.69) is 27.7 Å². The van der Waals surface area contributed by atoms with Gasteiger partial charge in [0.25, 0.3) is 0 Å². The van der Waals surface area contributed by atoms with E-state index in [0.717, 1.165) is 23.7 Å². The van der Waals surface area contributed by atoms with Gasteiger partial charge in [0.2, 0.25) is 0 Å². The van der Waals surface area contributed by atoms with Crippen LogP contribution in [-0.2, 0) is 0 Å². The molecule has 20 heavy (non-hydrogen) atoms. The fourth-order valence-corrected chi connectivity index (χ4v) is 6.21. The normalized spacial score (nSPS) is 43.8. The second-order valence-corrected chi connectivity index (χ2v) is 9.65. The maximum Gasteiger partial charge on any atom is -0.0298 e. The van der Waals surface area contributed by atoms with Crippen LogP contribution in [0, 0.1) is 34.5 Å². The monoisotopic (exact) mass is 276 g/mol. The zero-order valence-electron chi connectivity index (χ0n) is 14.4. The fourth-order valence-electron chi connectivity index (χ4n) is 6.21.